The highest BCUT2D eigenvalue weighted by molar-refractivity contribution is 6.05. The predicted octanol–water partition coefficient (Wildman–Crippen LogP) is 6.87. The van der Waals surface area contributed by atoms with Crippen LogP contribution < -0.4 is 11.1 Å². The molecule has 1 saturated heterocycles. The van der Waals surface area contributed by atoms with Crippen molar-refractivity contribution in [3.8, 4) is 0 Å². The number of amides is 1. The zero-order valence-corrected chi connectivity index (χ0v) is 39.5. The van der Waals surface area contributed by atoms with Gasteiger partial charge in [0.05, 0.1) is 17.4 Å². The lowest BCUT2D eigenvalue weighted by atomic mass is 9.73. The highest BCUT2D eigenvalue weighted by atomic mass is 16.7. The summed E-state index contributed by atoms with van der Waals surface area (Å²) in [4.78, 5) is 39.1. The molecule has 0 aromatic rings. The van der Waals surface area contributed by atoms with Crippen molar-refractivity contribution in [2.24, 2.45) is 23.5 Å². The van der Waals surface area contributed by atoms with Crippen molar-refractivity contribution in [2.75, 3.05) is 20.7 Å². The molecular weight excluding hydrogens is 829 g/mol. The third-order valence-corrected chi connectivity index (χ3v) is 12.3. The van der Waals surface area contributed by atoms with Gasteiger partial charge in [-0.1, -0.05) is 106 Å². The van der Waals surface area contributed by atoms with Crippen LogP contribution in [0.25, 0.3) is 0 Å². The number of rotatable bonds is 26. The van der Waals surface area contributed by atoms with Crippen molar-refractivity contribution in [2.45, 2.75) is 148 Å². The number of nitrogens with one attached hydrogen (secondary N) is 2. The third-order valence-electron chi connectivity index (χ3n) is 12.3. The standard InChI is InChI=1S/C51H76N4O10/c1-34(23-16-13-14-21-32-55(6)50(52)53)24-17-15-18-25-35(2)33-38(5)45(64-49-44(59)42(57)43(58)46(65-49)48(61)62)36(3)26-19-11-9-8-10-12-20-27-37(4)47(60)54-41-39(28-29-40(41)56)51(63-7)30-22-31-51/h8-13,16-17,19-20,24,26-27,33-36,42-46,49,57-59H,14-15,18,21-23,25,28-32H2,1-7H3,(H3,52,53)(H,54,60)(H,61,62)/b10-8+,11-9+,16-13+,20-12+,24-17+,26-19+,37-27+,38-33+. The number of ether oxygens (including phenoxy) is 3. The van der Waals surface area contributed by atoms with E-state index in [0.29, 0.717) is 30.0 Å². The zero-order valence-electron chi connectivity index (χ0n) is 39.5. The van der Waals surface area contributed by atoms with Crippen LogP contribution in [-0.4, -0.2) is 112 Å². The molecule has 2 fully saturated rings. The van der Waals surface area contributed by atoms with E-state index in [2.05, 4.69) is 49.5 Å². The second-order valence-corrected chi connectivity index (χ2v) is 17.7. The number of nitrogens with two attached hydrogens (primary N) is 1. The summed E-state index contributed by atoms with van der Waals surface area (Å²) in [6.45, 7) is 10.6. The van der Waals surface area contributed by atoms with Gasteiger partial charge in [0.15, 0.2) is 24.1 Å². The van der Waals surface area contributed by atoms with Crippen LogP contribution in [0, 0.1) is 23.2 Å². The summed E-state index contributed by atoms with van der Waals surface area (Å²) in [5, 5.41) is 51.3. The van der Waals surface area contributed by atoms with E-state index in [1.807, 2.05) is 57.4 Å². The lowest BCUT2D eigenvalue weighted by Crippen LogP contribution is -2.61. The number of guanidine groups is 1. The molecule has 0 radical (unpaired) electrons. The Hall–Kier alpha value is -4.70. The van der Waals surface area contributed by atoms with Crippen LogP contribution in [0.2, 0.25) is 0 Å². The van der Waals surface area contributed by atoms with Crippen LogP contribution in [0.3, 0.4) is 0 Å². The van der Waals surface area contributed by atoms with Crippen molar-refractivity contribution in [1.82, 2.24) is 10.2 Å². The Bertz CT molecular complexity index is 1870. The Kier molecular flexibility index (Phi) is 23.3. The summed E-state index contributed by atoms with van der Waals surface area (Å²) in [6.07, 6.45) is 27.4. The summed E-state index contributed by atoms with van der Waals surface area (Å²) in [5.74, 6) is -1.47. The van der Waals surface area contributed by atoms with E-state index in [4.69, 9.17) is 25.4 Å². The maximum Gasteiger partial charge on any atom is 0.335 e. The van der Waals surface area contributed by atoms with Gasteiger partial charge in [-0.15, -0.1) is 0 Å². The molecule has 1 saturated carbocycles. The molecule has 2 aliphatic carbocycles. The highest BCUT2D eigenvalue weighted by Crippen LogP contribution is 2.46. The number of carbonyl (C=O) groups excluding carboxylic acids is 2. The van der Waals surface area contributed by atoms with Crippen LogP contribution >= 0.6 is 0 Å². The lowest BCUT2D eigenvalue weighted by molar-refractivity contribution is -0.303. The summed E-state index contributed by atoms with van der Waals surface area (Å²) in [5.41, 5.74) is 7.64. The number of allylic oxidation sites excluding steroid dienone is 14. The second kappa shape index (κ2) is 27.7. The van der Waals surface area contributed by atoms with Crippen LogP contribution in [-0.2, 0) is 28.6 Å². The van der Waals surface area contributed by atoms with Gasteiger partial charge in [0.1, 0.15) is 18.3 Å². The monoisotopic (exact) mass is 905 g/mol. The number of hydrogen-bond donors (Lipinski definition) is 7. The molecule has 0 spiro atoms. The fourth-order valence-corrected chi connectivity index (χ4v) is 8.08. The fraction of sp³-hybridized carbons (Fsp3) is 0.569. The van der Waals surface area contributed by atoms with E-state index >= 15 is 0 Å². The molecule has 360 valence electrons. The van der Waals surface area contributed by atoms with Gasteiger partial charge in [0.25, 0.3) is 5.91 Å². The van der Waals surface area contributed by atoms with Gasteiger partial charge in [-0.2, -0.15) is 0 Å². The van der Waals surface area contributed by atoms with Crippen molar-refractivity contribution < 1.29 is 49.0 Å². The number of aliphatic hydroxyl groups is 3. The Morgan fingerprint density at radius 2 is 1.58 bits per heavy atom. The topological polar surface area (TPSA) is 225 Å². The minimum atomic E-state index is -1.83. The summed E-state index contributed by atoms with van der Waals surface area (Å²) in [7, 11) is 3.48. The molecule has 9 unspecified atom stereocenters. The van der Waals surface area contributed by atoms with E-state index in [0.717, 1.165) is 75.5 Å². The Labute approximate surface area is 386 Å². The maximum atomic E-state index is 12.9. The summed E-state index contributed by atoms with van der Waals surface area (Å²) in [6, 6.07) is 0. The van der Waals surface area contributed by atoms with E-state index in [1.165, 1.54) is 0 Å². The molecule has 3 aliphatic rings. The van der Waals surface area contributed by atoms with Crippen LogP contribution in [0.15, 0.2) is 107 Å². The largest absolute Gasteiger partial charge is 0.479 e. The van der Waals surface area contributed by atoms with Crippen molar-refractivity contribution in [1.29, 1.82) is 5.41 Å². The molecule has 0 aromatic carbocycles. The fourth-order valence-electron chi connectivity index (χ4n) is 8.08. The average molecular weight is 905 g/mol. The molecule has 9 atom stereocenters. The number of hydrogen-bond acceptors (Lipinski definition) is 10. The number of nitrogens with zero attached hydrogens (tertiary/aromatic N) is 1. The Morgan fingerprint density at radius 3 is 2.22 bits per heavy atom. The minimum Gasteiger partial charge on any atom is -0.479 e. The molecule has 14 heteroatoms. The van der Waals surface area contributed by atoms with Crippen LogP contribution in [0.5, 0.6) is 0 Å². The summed E-state index contributed by atoms with van der Waals surface area (Å²) < 4.78 is 17.5. The predicted molar refractivity (Wildman–Crippen MR) is 254 cm³/mol. The Balaban J connectivity index is 1.58. The van der Waals surface area contributed by atoms with E-state index in [9.17, 15) is 34.8 Å². The van der Waals surface area contributed by atoms with Gasteiger partial charge < -0.3 is 50.6 Å². The summed E-state index contributed by atoms with van der Waals surface area (Å²) >= 11 is 0. The molecule has 1 amide bonds. The SMILES string of the molecule is COC1(C2=C(NC(=O)/C(C)=C/C=C/C=C/C=C/C=C/C(C)C(OC3OC(C(=O)O)C(O)C(O)C3O)/C(C)=C/C(C)CCC/C=C/C(C)C/C=C/CCCN(C)C(=N)N)C(=O)CC2)CCC1. The van der Waals surface area contributed by atoms with E-state index < -0.39 is 48.4 Å². The minimum absolute atomic E-state index is 0.0605. The van der Waals surface area contributed by atoms with Gasteiger partial charge in [-0.05, 0) is 101 Å². The molecule has 3 rings (SSSR count). The number of methoxy groups -OCH3 is 1. The first-order valence-electron chi connectivity index (χ1n) is 23.0. The van der Waals surface area contributed by atoms with Gasteiger partial charge in [0.2, 0.25) is 0 Å². The normalized spacial score (nSPS) is 25.1. The number of carboxylic acids is 1. The molecule has 1 heterocycles. The molecule has 8 N–H and O–H groups in total. The number of aliphatic carboxylic acids is 1. The first kappa shape index (κ1) is 54.6. The van der Waals surface area contributed by atoms with Gasteiger partial charge in [-0.3, -0.25) is 15.0 Å². The van der Waals surface area contributed by atoms with Crippen molar-refractivity contribution in [3.63, 3.8) is 0 Å². The number of carboxylic acid groups (broad SMARTS) is 1. The van der Waals surface area contributed by atoms with Gasteiger partial charge >= 0.3 is 5.97 Å². The smallest absolute Gasteiger partial charge is 0.335 e. The van der Waals surface area contributed by atoms with Crippen LogP contribution in [0.1, 0.15) is 105 Å². The number of ketones is 1. The number of aliphatic hydroxyl groups excluding tert-OH is 3. The molecule has 1 aliphatic heterocycles. The van der Waals surface area contributed by atoms with Crippen molar-refractivity contribution >= 4 is 23.6 Å². The lowest BCUT2D eigenvalue weighted by Gasteiger charge is -2.42. The van der Waals surface area contributed by atoms with Crippen molar-refractivity contribution in [3.05, 3.63) is 107 Å². The number of carbonyl (C=O) groups is 3. The van der Waals surface area contributed by atoms with E-state index in [-0.39, 0.29) is 29.5 Å². The molecule has 0 bridgehead atoms. The molecular formula is C51H76N4O10. The number of unbranched alkanes of at least 4 members (excludes halogenated alkanes) is 2. The van der Waals surface area contributed by atoms with Gasteiger partial charge in [-0.25, -0.2) is 4.79 Å². The molecule has 65 heavy (non-hydrogen) atoms. The van der Waals surface area contributed by atoms with Crippen LogP contribution in [0.4, 0.5) is 0 Å². The highest BCUT2D eigenvalue weighted by Gasteiger charge is 2.49. The van der Waals surface area contributed by atoms with Gasteiger partial charge in [0, 0.05) is 38.6 Å². The first-order chi connectivity index (χ1) is 30.9. The quantitative estimate of drug-likeness (QED) is 0.0118. The zero-order chi connectivity index (χ0) is 48.1. The first-order valence-corrected chi connectivity index (χ1v) is 23.0. The maximum absolute atomic E-state index is 12.9. The third kappa shape index (κ3) is 17.2. The molecule has 14 nitrogen and oxygen atoms in total. The second-order valence-electron chi connectivity index (χ2n) is 17.7. The average Bonchev–Trinajstić information content (AvgIpc) is 3.60. The van der Waals surface area contributed by atoms with E-state index in [1.54, 1.807) is 37.2 Å². The Morgan fingerprint density at radius 1 is 0.923 bits per heavy atom. The molecule has 0 aromatic heterocycles. The number of Topliss-reactive ketones (excluding diaryl/α,β-unsaturated/α-hetero) is 1.